The summed E-state index contributed by atoms with van der Waals surface area (Å²) in [6.45, 7) is 2.71. The molecule has 0 aliphatic carbocycles. The smallest absolute Gasteiger partial charge is 0.111 e. The fraction of sp³-hybridized carbons (Fsp3) is 0.913. The SMILES string of the molecule is CCCCCCCCCCCC/C=C/CCCO[C@H]1CO[C@H](CO)[C@@H](O)[C@@H]1O. The van der Waals surface area contributed by atoms with Gasteiger partial charge in [0.05, 0.1) is 13.2 Å². The standard InChI is InChI=1S/C23H44O5/c1-2-3-4-5-6-7-8-9-10-11-12-13-14-15-16-17-27-21-19-28-20(18-24)22(25)23(21)26/h13-14,20-26H,2-12,15-19H2,1H3/b14-13+/t20-,21+,22-,23-/m1/s1. The molecule has 5 nitrogen and oxygen atoms in total. The van der Waals surface area contributed by atoms with E-state index in [0.29, 0.717) is 6.61 Å². The van der Waals surface area contributed by atoms with Crippen molar-refractivity contribution in [2.45, 2.75) is 115 Å². The fourth-order valence-electron chi connectivity index (χ4n) is 3.58. The maximum Gasteiger partial charge on any atom is 0.111 e. The summed E-state index contributed by atoms with van der Waals surface area (Å²) in [5.74, 6) is 0. The third-order valence-corrected chi connectivity index (χ3v) is 5.50. The second-order valence-corrected chi connectivity index (χ2v) is 8.03. The van der Waals surface area contributed by atoms with Crippen LogP contribution in [-0.2, 0) is 9.47 Å². The van der Waals surface area contributed by atoms with E-state index in [2.05, 4.69) is 19.1 Å². The molecule has 0 unspecified atom stereocenters. The lowest BCUT2D eigenvalue weighted by molar-refractivity contribution is -0.208. The van der Waals surface area contributed by atoms with Gasteiger partial charge in [-0.25, -0.2) is 0 Å². The summed E-state index contributed by atoms with van der Waals surface area (Å²) >= 11 is 0. The molecule has 0 saturated carbocycles. The molecular weight excluding hydrogens is 356 g/mol. The zero-order valence-electron chi connectivity index (χ0n) is 17.9. The average molecular weight is 401 g/mol. The van der Waals surface area contributed by atoms with Crippen molar-refractivity contribution in [3.8, 4) is 0 Å². The normalized spacial score (nSPS) is 25.6. The predicted molar refractivity (Wildman–Crippen MR) is 113 cm³/mol. The zero-order valence-corrected chi connectivity index (χ0v) is 17.9. The van der Waals surface area contributed by atoms with Gasteiger partial charge in [-0.3, -0.25) is 0 Å². The van der Waals surface area contributed by atoms with Crippen LogP contribution >= 0.6 is 0 Å². The van der Waals surface area contributed by atoms with Crippen LogP contribution < -0.4 is 0 Å². The first-order valence-corrected chi connectivity index (χ1v) is 11.6. The Labute approximate surface area is 172 Å². The molecule has 28 heavy (non-hydrogen) atoms. The number of unbranched alkanes of at least 4 members (excludes halogenated alkanes) is 11. The lowest BCUT2D eigenvalue weighted by Gasteiger charge is -2.36. The van der Waals surface area contributed by atoms with Gasteiger partial charge >= 0.3 is 0 Å². The first-order chi connectivity index (χ1) is 13.7. The second kappa shape index (κ2) is 17.4. The fourth-order valence-corrected chi connectivity index (χ4v) is 3.58. The summed E-state index contributed by atoms with van der Waals surface area (Å²) in [7, 11) is 0. The van der Waals surface area contributed by atoms with Crippen molar-refractivity contribution in [1.82, 2.24) is 0 Å². The number of allylic oxidation sites excluding steroid dienone is 2. The summed E-state index contributed by atoms with van der Waals surface area (Å²) < 4.78 is 10.9. The summed E-state index contributed by atoms with van der Waals surface area (Å²) in [5, 5.41) is 28.8. The van der Waals surface area contributed by atoms with Crippen LogP contribution in [0.3, 0.4) is 0 Å². The zero-order chi connectivity index (χ0) is 20.5. The topological polar surface area (TPSA) is 79.2 Å². The van der Waals surface area contributed by atoms with Gasteiger partial charge in [0.15, 0.2) is 0 Å². The quantitative estimate of drug-likeness (QED) is 0.253. The van der Waals surface area contributed by atoms with Gasteiger partial charge in [-0.2, -0.15) is 0 Å². The third-order valence-electron chi connectivity index (χ3n) is 5.50. The molecule has 0 aromatic heterocycles. The summed E-state index contributed by atoms with van der Waals surface area (Å²) in [4.78, 5) is 0. The molecule has 0 aromatic rings. The average Bonchev–Trinajstić information content (AvgIpc) is 2.70. The van der Waals surface area contributed by atoms with Crippen molar-refractivity contribution in [3.63, 3.8) is 0 Å². The van der Waals surface area contributed by atoms with Crippen LogP contribution in [0.15, 0.2) is 12.2 Å². The highest BCUT2D eigenvalue weighted by atomic mass is 16.6. The molecule has 1 heterocycles. The summed E-state index contributed by atoms with van der Waals surface area (Å²) in [6.07, 6.45) is 17.9. The molecule has 3 N–H and O–H groups in total. The minimum atomic E-state index is -1.09. The monoisotopic (exact) mass is 400 g/mol. The molecule has 4 atom stereocenters. The van der Waals surface area contributed by atoms with Crippen LogP contribution in [0.1, 0.15) is 90.4 Å². The van der Waals surface area contributed by atoms with E-state index in [1.54, 1.807) is 0 Å². The third kappa shape index (κ3) is 11.5. The van der Waals surface area contributed by atoms with E-state index in [0.717, 1.165) is 19.3 Å². The second-order valence-electron chi connectivity index (χ2n) is 8.03. The van der Waals surface area contributed by atoms with E-state index in [1.807, 2.05) is 0 Å². The van der Waals surface area contributed by atoms with Gasteiger partial charge in [-0.1, -0.05) is 76.9 Å². The Kier molecular flexibility index (Phi) is 15.9. The molecule has 0 amide bonds. The first-order valence-electron chi connectivity index (χ1n) is 11.6. The van der Waals surface area contributed by atoms with Crippen LogP contribution in [0.2, 0.25) is 0 Å². The van der Waals surface area contributed by atoms with Gasteiger partial charge in [-0.05, 0) is 25.7 Å². The van der Waals surface area contributed by atoms with Gasteiger partial charge in [0, 0.05) is 6.61 Å². The van der Waals surface area contributed by atoms with Crippen molar-refractivity contribution in [2.24, 2.45) is 0 Å². The van der Waals surface area contributed by atoms with E-state index in [1.165, 1.54) is 64.2 Å². The van der Waals surface area contributed by atoms with Crippen LogP contribution in [0.4, 0.5) is 0 Å². The maximum atomic E-state index is 9.98. The molecule has 0 radical (unpaired) electrons. The van der Waals surface area contributed by atoms with Gasteiger partial charge in [-0.15, -0.1) is 0 Å². The lowest BCUT2D eigenvalue weighted by atomic mass is 10.0. The molecule has 1 aliphatic heterocycles. The van der Waals surface area contributed by atoms with Crippen LogP contribution in [0, 0.1) is 0 Å². The Morgan fingerprint density at radius 2 is 1.39 bits per heavy atom. The Hall–Kier alpha value is -0.460. The van der Waals surface area contributed by atoms with Crippen molar-refractivity contribution in [1.29, 1.82) is 0 Å². The molecular formula is C23H44O5. The highest BCUT2D eigenvalue weighted by molar-refractivity contribution is 4.87. The molecule has 0 spiro atoms. The largest absolute Gasteiger partial charge is 0.394 e. The number of ether oxygens (including phenoxy) is 2. The Morgan fingerprint density at radius 3 is 2.00 bits per heavy atom. The number of rotatable bonds is 17. The molecule has 166 valence electrons. The highest BCUT2D eigenvalue weighted by Gasteiger charge is 2.38. The predicted octanol–water partition coefficient (Wildman–Crippen LogP) is 4.13. The number of aliphatic hydroxyl groups excluding tert-OH is 3. The Bertz CT molecular complexity index is 374. The molecule has 1 fully saturated rings. The van der Waals surface area contributed by atoms with Crippen molar-refractivity contribution in [3.05, 3.63) is 12.2 Å². The Balaban J connectivity index is 1.87. The number of aliphatic hydroxyl groups is 3. The van der Waals surface area contributed by atoms with E-state index in [9.17, 15) is 10.2 Å². The van der Waals surface area contributed by atoms with Crippen LogP contribution in [0.5, 0.6) is 0 Å². The molecule has 1 saturated heterocycles. The van der Waals surface area contributed by atoms with E-state index < -0.39 is 24.4 Å². The molecule has 0 aromatic carbocycles. The van der Waals surface area contributed by atoms with Crippen molar-refractivity contribution < 1.29 is 24.8 Å². The lowest BCUT2D eigenvalue weighted by Crippen LogP contribution is -2.55. The minimum Gasteiger partial charge on any atom is -0.394 e. The minimum absolute atomic E-state index is 0.206. The van der Waals surface area contributed by atoms with Gasteiger partial charge in [0.2, 0.25) is 0 Å². The van der Waals surface area contributed by atoms with Gasteiger partial charge in [0.25, 0.3) is 0 Å². The molecule has 1 rings (SSSR count). The molecule has 1 aliphatic rings. The number of hydrogen-bond acceptors (Lipinski definition) is 5. The van der Waals surface area contributed by atoms with Crippen LogP contribution in [0.25, 0.3) is 0 Å². The van der Waals surface area contributed by atoms with E-state index in [-0.39, 0.29) is 13.2 Å². The maximum absolute atomic E-state index is 9.98. The van der Waals surface area contributed by atoms with Gasteiger partial charge in [0.1, 0.15) is 24.4 Å². The highest BCUT2D eigenvalue weighted by Crippen LogP contribution is 2.18. The van der Waals surface area contributed by atoms with Crippen molar-refractivity contribution >= 4 is 0 Å². The molecule has 0 bridgehead atoms. The molecule has 5 heteroatoms. The summed E-state index contributed by atoms with van der Waals surface area (Å²) in [5.41, 5.74) is 0. The van der Waals surface area contributed by atoms with E-state index >= 15 is 0 Å². The first kappa shape index (κ1) is 25.6. The van der Waals surface area contributed by atoms with E-state index in [4.69, 9.17) is 14.6 Å². The van der Waals surface area contributed by atoms with Crippen molar-refractivity contribution in [2.75, 3.05) is 19.8 Å². The summed E-state index contributed by atoms with van der Waals surface area (Å²) in [6, 6.07) is 0. The van der Waals surface area contributed by atoms with Crippen LogP contribution in [-0.4, -0.2) is 59.6 Å². The Morgan fingerprint density at radius 1 is 0.821 bits per heavy atom. The number of hydrogen-bond donors (Lipinski definition) is 3. The van der Waals surface area contributed by atoms with Gasteiger partial charge < -0.3 is 24.8 Å².